The molecule has 0 fully saturated rings. The van der Waals surface area contributed by atoms with Crippen molar-refractivity contribution in [3.8, 4) is 0 Å². The number of nitrogens with one attached hydrogen (secondary N) is 1. The summed E-state index contributed by atoms with van der Waals surface area (Å²) in [5.41, 5.74) is 2.17. The van der Waals surface area contributed by atoms with E-state index in [2.05, 4.69) is 15.3 Å². The molecule has 27 heavy (non-hydrogen) atoms. The Kier molecular flexibility index (Phi) is 5.89. The van der Waals surface area contributed by atoms with E-state index >= 15 is 0 Å². The highest BCUT2D eigenvalue weighted by atomic mass is 16.2. The summed E-state index contributed by atoms with van der Waals surface area (Å²) in [5, 5.41) is 2.80. The molecule has 0 bridgehead atoms. The first-order valence-corrected chi connectivity index (χ1v) is 8.70. The molecule has 0 saturated carbocycles. The lowest BCUT2D eigenvalue weighted by atomic mass is 10.2. The van der Waals surface area contributed by atoms with Gasteiger partial charge in [-0.25, -0.2) is 4.98 Å². The number of benzene rings is 1. The maximum absolute atomic E-state index is 12.9. The minimum atomic E-state index is -0.329. The second-order valence-corrected chi connectivity index (χ2v) is 5.83. The lowest BCUT2D eigenvalue weighted by Crippen LogP contribution is -2.32. The minimum Gasteiger partial charge on any atom is -0.347 e. The average Bonchev–Trinajstić information content (AvgIpc) is 2.74. The molecule has 0 radical (unpaired) electrons. The summed E-state index contributed by atoms with van der Waals surface area (Å²) < 4.78 is 0. The van der Waals surface area contributed by atoms with Gasteiger partial charge in [0.25, 0.3) is 11.8 Å². The molecule has 3 rings (SSSR count). The number of carbonyl (C=O) groups is 2. The van der Waals surface area contributed by atoms with E-state index in [4.69, 9.17) is 0 Å². The number of anilines is 1. The number of para-hydroxylation sites is 1. The second-order valence-electron chi connectivity index (χ2n) is 5.83. The van der Waals surface area contributed by atoms with Crippen molar-refractivity contribution in [3.63, 3.8) is 0 Å². The van der Waals surface area contributed by atoms with Crippen molar-refractivity contribution in [1.29, 1.82) is 0 Å². The lowest BCUT2D eigenvalue weighted by molar-refractivity contribution is 0.0945. The topological polar surface area (TPSA) is 75.2 Å². The highest BCUT2D eigenvalue weighted by molar-refractivity contribution is 6.05. The van der Waals surface area contributed by atoms with Gasteiger partial charge < -0.3 is 10.2 Å². The minimum absolute atomic E-state index is 0.207. The maximum atomic E-state index is 12.9. The standard InChI is InChI=1S/C21H20N4O2/c1-2-25(17-7-4-3-5-8-17)21(27)19-10-6-9-18(24-19)20(26)23-15-16-11-13-22-14-12-16/h3-14H,2,15H2,1H3,(H,23,26). The van der Waals surface area contributed by atoms with Crippen LogP contribution in [0.5, 0.6) is 0 Å². The molecule has 2 heterocycles. The van der Waals surface area contributed by atoms with E-state index in [-0.39, 0.29) is 23.2 Å². The summed E-state index contributed by atoms with van der Waals surface area (Å²) in [5.74, 6) is -0.572. The zero-order valence-electron chi connectivity index (χ0n) is 15.0. The largest absolute Gasteiger partial charge is 0.347 e. The third-order valence-corrected chi connectivity index (χ3v) is 4.03. The molecule has 2 aromatic heterocycles. The number of pyridine rings is 2. The van der Waals surface area contributed by atoms with Gasteiger partial charge in [-0.2, -0.15) is 0 Å². The average molecular weight is 360 g/mol. The number of nitrogens with zero attached hydrogens (tertiary/aromatic N) is 3. The molecule has 2 amide bonds. The molecule has 0 atom stereocenters. The zero-order chi connectivity index (χ0) is 19.1. The molecule has 0 unspecified atom stereocenters. The Morgan fingerprint density at radius 2 is 1.63 bits per heavy atom. The first-order chi connectivity index (χ1) is 13.2. The van der Waals surface area contributed by atoms with E-state index in [1.165, 1.54) is 0 Å². The first kappa shape index (κ1) is 18.3. The van der Waals surface area contributed by atoms with E-state index in [0.29, 0.717) is 13.1 Å². The van der Waals surface area contributed by atoms with Crippen molar-refractivity contribution >= 4 is 17.5 Å². The van der Waals surface area contributed by atoms with E-state index in [1.54, 1.807) is 35.5 Å². The Balaban J connectivity index is 1.74. The van der Waals surface area contributed by atoms with Crippen molar-refractivity contribution in [2.75, 3.05) is 11.4 Å². The quantitative estimate of drug-likeness (QED) is 0.733. The van der Waals surface area contributed by atoms with E-state index < -0.39 is 0 Å². The molecule has 0 aliphatic carbocycles. The monoisotopic (exact) mass is 360 g/mol. The molecule has 0 spiro atoms. The summed E-state index contributed by atoms with van der Waals surface area (Å²) in [4.78, 5) is 35.1. The van der Waals surface area contributed by atoms with Gasteiger partial charge in [0.2, 0.25) is 0 Å². The van der Waals surface area contributed by atoms with Crippen LogP contribution in [0.2, 0.25) is 0 Å². The summed E-state index contributed by atoms with van der Waals surface area (Å²) in [6.45, 7) is 2.77. The third-order valence-electron chi connectivity index (χ3n) is 4.03. The fraction of sp³-hybridized carbons (Fsp3) is 0.143. The van der Waals surface area contributed by atoms with Crippen LogP contribution < -0.4 is 10.2 Å². The van der Waals surface area contributed by atoms with Crippen LogP contribution in [0, 0.1) is 0 Å². The fourth-order valence-corrected chi connectivity index (χ4v) is 2.64. The van der Waals surface area contributed by atoms with Gasteiger partial charge in [0.05, 0.1) is 0 Å². The molecular formula is C21H20N4O2. The summed E-state index contributed by atoms with van der Waals surface area (Å²) >= 11 is 0. The Labute approximate surface area is 157 Å². The van der Waals surface area contributed by atoms with Crippen LogP contribution in [0.25, 0.3) is 0 Å². The molecule has 1 aromatic carbocycles. The van der Waals surface area contributed by atoms with Gasteiger partial charge in [-0.15, -0.1) is 0 Å². The highest BCUT2D eigenvalue weighted by Gasteiger charge is 2.18. The van der Waals surface area contributed by atoms with Crippen LogP contribution in [0.4, 0.5) is 5.69 Å². The first-order valence-electron chi connectivity index (χ1n) is 8.70. The number of aromatic nitrogens is 2. The SMILES string of the molecule is CCN(C(=O)c1cccc(C(=O)NCc2ccncc2)n1)c1ccccc1. The van der Waals surface area contributed by atoms with Crippen LogP contribution >= 0.6 is 0 Å². The fourth-order valence-electron chi connectivity index (χ4n) is 2.64. The Morgan fingerprint density at radius 1 is 0.926 bits per heavy atom. The zero-order valence-corrected chi connectivity index (χ0v) is 15.0. The number of hydrogen-bond donors (Lipinski definition) is 1. The lowest BCUT2D eigenvalue weighted by Gasteiger charge is -2.20. The summed E-state index contributed by atoms with van der Waals surface area (Å²) in [6, 6.07) is 17.9. The second kappa shape index (κ2) is 8.71. The van der Waals surface area contributed by atoms with E-state index in [1.807, 2.05) is 49.4 Å². The molecule has 1 N–H and O–H groups in total. The molecule has 6 heteroatoms. The van der Waals surface area contributed by atoms with Crippen molar-refractivity contribution in [2.45, 2.75) is 13.5 Å². The molecule has 0 saturated heterocycles. The van der Waals surface area contributed by atoms with Crippen molar-refractivity contribution in [3.05, 3.63) is 90.0 Å². The number of amides is 2. The van der Waals surface area contributed by atoms with E-state index in [0.717, 1.165) is 11.3 Å². The molecule has 3 aromatic rings. The predicted molar refractivity (Wildman–Crippen MR) is 103 cm³/mol. The van der Waals surface area contributed by atoms with Crippen molar-refractivity contribution in [2.24, 2.45) is 0 Å². The van der Waals surface area contributed by atoms with Gasteiger partial charge in [-0.05, 0) is 48.9 Å². The van der Waals surface area contributed by atoms with Crippen LogP contribution in [-0.2, 0) is 6.54 Å². The number of rotatable bonds is 6. The molecule has 0 aliphatic heterocycles. The normalized spacial score (nSPS) is 10.3. The summed E-state index contributed by atoms with van der Waals surface area (Å²) in [7, 11) is 0. The predicted octanol–water partition coefficient (Wildman–Crippen LogP) is 3.07. The Hall–Kier alpha value is -3.54. The number of carbonyl (C=O) groups excluding carboxylic acids is 2. The van der Waals surface area contributed by atoms with Crippen LogP contribution in [-0.4, -0.2) is 28.3 Å². The van der Waals surface area contributed by atoms with Gasteiger partial charge in [0.1, 0.15) is 11.4 Å². The van der Waals surface area contributed by atoms with Crippen LogP contribution in [0.15, 0.2) is 73.1 Å². The van der Waals surface area contributed by atoms with Crippen LogP contribution in [0.1, 0.15) is 33.5 Å². The van der Waals surface area contributed by atoms with Crippen LogP contribution in [0.3, 0.4) is 0 Å². The van der Waals surface area contributed by atoms with Gasteiger partial charge in [0.15, 0.2) is 0 Å². The Bertz CT molecular complexity index is 914. The molecular weight excluding hydrogens is 340 g/mol. The van der Waals surface area contributed by atoms with Crippen molar-refractivity contribution < 1.29 is 9.59 Å². The molecule has 136 valence electrons. The van der Waals surface area contributed by atoms with Gasteiger partial charge in [0, 0.05) is 31.2 Å². The molecule has 0 aliphatic rings. The van der Waals surface area contributed by atoms with Gasteiger partial charge in [-0.1, -0.05) is 24.3 Å². The van der Waals surface area contributed by atoms with Gasteiger partial charge >= 0.3 is 0 Å². The van der Waals surface area contributed by atoms with E-state index in [9.17, 15) is 9.59 Å². The third kappa shape index (κ3) is 4.55. The summed E-state index contributed by atoms with van der Waals surface area (Å²) in [6.07, 6.45) is 3.34. The van der Waals surface area contributed by atoms with Crippen molar-refractivity contribution in [1.82, 2.24) is 15.3 Å². The highest BCUT2D eigenvalue weighted by Crippen LogP contribution is 2.16. The Morgan fingerprint density at radius 3 is 2.33 bits per heavy atom. The number of hydrogen-bond acceptors (Lipinski definition) is 4. The van der Waals surface area contributed by atoms with Gasteiger partial charge in [-0.3, -0.25) is 14.6 Å². The smallest absolute Gasteiger partial charge is 0.276 e. The maximum Gasteiger partial charge on any atom is 0.276 e. The molecule has 6 nitrogen and oxygen atoms in total.